The van der Waals surface area contributed by atoms with E-state index in [1.807, 2.05) is 30.3 Å². The van der Waals surface area contributed by atoms with Crippen molar-refractivity contribution in [3.63, 3.8) is 0 Å². The predicted octanol–water partition coefficient (Wildman–Crippen LogP) is 1.99. The first-order valence-corrected chi connectivity index (χ1v) is 5.95. The highest BCUT2D eigenvalue weighted by molar-refractivity contribution is 5.21. The number of para-hydroxylation sites is 1. The standard InChI is InChI=1S/C13H16N4O/c1-2-6-11-15-12(17-13(14)16-11)9-18-10-7-4-3-5-8-10/h3-5,7-8H,2,6,9H2,1H3,(H2,14,15,16,17). The summed E-state index contributed by atoms with van der Waals surface area (Å²) in [7, 11) is 0. The molecule has 0 aliphatic heterocycles. The molecule has 18 heavy (non-hydrogen) atoms. The zero-order valence-electron chi connectivity index (χ0n) is 10.3. The highest BCUT2D eigenvalue weighted by Gasteiger charge is 2.04. The van der Waals surface area contributed by atoms with Crippen molar-refractivity contribution in [3.8, 4) is 5.75 Å². The second-order valence-corrected chi connectivity index (χ2v) is 3.88. The first-order chi connectivity index (χ1) is 8.78. The van der Waals surface area contributed by atoms with Gasteiger partial charge in [-0.1, -0.05) is 25.1 Å². The Balaban J connectivity index is 2.05. The maximum atomic E-state index is 5.64. The van der Waals surface area contributed by atoms with Crippen molar-refractivity contribution in [2.24, 2.45) is 0 Å². The lowest BCUT2D eigenvalue weighted by atomic mass is 10.3. The fourth-order valence-electron chi connectivity index (χ4n) is 1.55. The van der Waals surface area contributed by atoms with Crippen LogP contribution in [-0.4, -0.2) is 15.0 Å². The first-order valence-electron chi connectivity index (χ1n) is 5.95. The minimum atomic E-state index is 0.250. The Labute approximate surface area is 106 Å². The van der Waals surface area contributed by atoms with Crippen LogP contribution in [0.15, 0.2) is 30.3 Å². The number of ether oxygens (including phenoxy) is 1. The molecule has 0 saturated carbocycles. The third kappa shape index (κ3) is 3.41. The quantitative estimate of drug-likeness (QED) is 0.870. The van der Waals surface area contributed by atoms with E-state index in [0.29, 0.717) is 12.4 Å². The zero-order chi connectivity index (χ0) is 12.8. The maximum absolute atomic E-state index is 5.64. The molecule has 1 aromatic heterocycles. The molecule has 0 unspecified atom stereocenters. The molecule has 0 bridgehead atoms. The van der Waals surface area contributed by atoms with Crippen molar-refractivity contribution in [3.05, 3.63) is 42.0 Å². The van der Waals surface area contributed by atoms with Gasteiger partial charge in [-0.25, -0.2) is 4.98 Å². The average molecular weight is 244 g/mol. The Bertz CT molecular complexity index is 502. The van der Waals surface area contributed by atoms with Gasteiger partial charge in [0.1, 0.15) is 18.2 Å². The summed E-state index contributed by atoms with van der Waals surface area (Å²) in [6.45, 7) is 2.37. The minimum Gasteiger partial charge on any atom is -0.486 e. The SMILES string of the molecule is CCCc1nc(N)nc(COc2ccccc2)n1. The summed E-state index contributed by atoms with van der Waals surface area (Å²) in [5.74, 6) is 2.32. The van der Waals surface area contributed by atoms with Gasteiger partial charge in [0.25, 0.3) is 0 Å². The van der Waals surface area contributed by atoms with Crippen LogP contribution in [-0.2, 0) is 13.0 Å². The van der Waals surface area contributed by atoms with Gasteiger partial charge in [0, 0.05) is 6.42 Å². The number of aromatic nitrogens is 3. The molecule has 0 radical (unpaired) electrons. The van der Waals surface area contributed by atoms with E-state index in [0.717, 1.165) is 24.4 Å². The summed E-state index contributed by atoms with van der Waals surface area (Å²) < 4.78 is 5.57. The van der Waals surface area contributed by atoms with Crippen LogP contribution >= 0.6 is 0 Å². The number of hydrogen-bond donors (Lipinski definition) is 1. The second kappa shape index (κ2) is 5.95. The van der Waals surface area contributed by atoms with E-state index in [1.165, 1.54) is 0 Å². The first kappa shape index (κ1) is 12.3. The molecule has 0 aliphatic carbocycles. The lowest BCUT2D eigenvalue weighted by molar-refractivity contribution is 0.295. The number of nitrogens with two attached hydrogens (primary N) is 1. The molecule has 0 aliphatic rings. The highest BCUT2D eigenvalue weighted by Crippen LogP contribution is 2.10. The van der Waals surface area contributed by atoms with Gasteiger partial charge < -0.3 is 10.5 Å². The fraction of sp³-hybridized carbons (Fsp3) is 0.308. The monoisotopic (exact) mass is 244 g/mol. The molecule has 0 saturated heterocycles. The van der Waals surface area contributed by atoms with E-state index < -0.39 is 0 Å². The van der Waals surface area contributed by atoms with Crippen molar-refractivity contribution < 1.29 is 4.74 Å². The molecule has 5 nitrogen and oxygen atoms in total. The Morgan fingerprint density at radius 3 is 2.50 bits per heavy atom. The topological polar surface area (TPSA) is 73.9 Å². The molecule has 0 amide bonds. The van der Waals surface area contributed by atoms with Crippen LogP contribution in [0.2, 0.25) is 0 Å². The van der Waals surface area contributed by atoms with Crippen LogP contribution in [0.25, 0.3) is 0 Å². The largest absolute Gasteiger partial charge is 0.486 e. The summed E-state index contributed by atoms with van der Waals surface area (Å²) >= 11 is 0. The van der Waals surface area contributed by atoms with E-state index in [2.05, 4.69) is 21.9 Å². The van der Waals surface area contributed by atoms with Gasteiger partial charge in [-0.2, -0.15) is 9.97 Å². The van der Waals surface area contributed by atoms with Gasteiger partial charge >= 0.3 is 0 Å². The third-order valence-corrected chi connectivity index (χ3v) is 2.33. The molecule has 1 aromatic carbocycles. The maximum Gasteiger partial charge on any atom is 0.223 e. The molecule has 94 valence electrons. The van der Waals surface area contributed by atoms with Crippen LogP contribution in [0.4, 0.5) is 5.95 Å². The normalized spacial score (nSPS) is 10.3. The molecule has 5 heteroatoms. The van der Waals surface area contributed by atoms with Crippen molar-refractivity contribution in [1.82, 2.24) is 15.0 Å². The Kier molecular flexibility index (Phi) is 4.06. The van der Waals surface area contributed by atoms with Crippen LogP contribution in [0.3, 0.4) is 0 Å². The molecule has 0 atom stereocenters. The second-order valence-electron chi connectivity index (χ2n) is 3.88. The predicted molar refractivity (Wildman–Crippen MR) is 69.0 cm³/mol. The van der Waals surface area contributed by atoms with Gasteiger partial charge in [-0.3, -0.25) is 0 Å². The van der Waals surface area contributed by atoms with Gasteiger partial charge in [0.05, 0.1) is 0 Å². The Hall–Kier alpha value is -2.17. The van der Waals surface area contributed by atoms with Gasteiger partial charge in [0.15, 0.2) is 5.82 Å². The Morgan fingerprint density at radius 1 is 1.06 bits per heavy atom. The number of anilines is 1. The van der Waals surface area contributed by atoms with E-state index in [-0.39, 0.29) is 5.95 Å². The van der Waals surface area contributed by atoms with Crippen LogP contribution in [0.5, 0.6) is 5.75 Å². The van der Waals surface area contributed by atoms with E-state index >= 15 is 0 Å². The van der Waals surface area contributed by atoms with Crippen molar-refractivity contribution in [2.75, 3.05) is 5.73 Å². The number of rotatable bonds is 5. The lowest BCUT2D eigenvalue weighted by Crippen LogP contribution is -2.09. The minimum absolute atomic E-state index is 0.250. The number of nitrogens with zero attached hydrogens (tertiary/aromatic N) is 3. The summed E-state index contributed by atoms with van der Waals surface area (Å²) in [6.07, 6.45) is 1.77. The van der Waals surface area contributed by atoms with E-state index in [4.69, 9.17) is 10.5 Å². The molecule has 0 fully saturated rings. The molecule has 2 N–H and O–H groups in total. The smallest absolute Gasteiger partial charge is 0.223 e. The highest BCUT2D eigenvalue weighted by atomic mass is 16.5. The zero-order valence-corrected chi connectivity index (χ0v) is 10.3. The molecular weight excluding hydrogens is 228 g/mol. The summed E-state index contributed by atoms with van der Waals surface area (Å²) in [5.41, 5.74) is 5.64. The fourth-order valence-corrected chi connectivity index (χ4v) is 1.55. The van der Waals surface area contributed by atoms with Crippen LogP contribution in [0, 0.1) is 0 Å². The van der Waals surface area contributed by atoms with Crippen molar-refractivity contribution in [1.29, 1.82) is 0 Å². The number of benzene rings is 1. The van der Waals surface area contributed by atoms with Gasteiger partial charge in [-0.15, -0.1) is 0 Å². The van der Waals surface area contributed by atoms with E-state index in [9.17, 15) is 0 Å². The molecular formula is C13H16N4O. The average Bonchev–Trinajstić information content (AvgIpc) is 2.37. The Morgan fingerprint density at radius 2 is 1.78 bits per heavy atom. The molecule has 2 aromatic rings. The summed E-state index contributed by atoms with van der Waals surface area (Å²) in [5, 5.41) is 0. The number of nitrogen functional groups attached to an aromatic ring is 1. The van der Waals surface area contributed by atoms with Gasteiger partial charge in [0.2, 0.25) is 5.95 Å². The third-order valence-electron chi connectivity index (χ3n) is 2.33. The summed E-state index contributed by atoms with van der Waals surface area (Å²) in [4.78, 5) is 12.5. The lowest BCUT2D eigenvalue weighted by Gasteiger charge is -2.06. The number of aryl methyl sites for hydroxylation is 1. The van der Waals surface area contributed by atoms with Crippen LogP contribution in [0.1, 0.15) is 25.0 Å². The molecule has 2 rings (SSSR count). The van der Waals surface area contributed by atoms with E-state index in [1.54, 1.807) is 0 Å². The van der Waals surface area contributed by atoms with Gasteiger partial charge in [-0.05, 0) is 18.6 Å². The summed E-state index contributed by atoms with van der Waals surface area (Å²) in [6, 6.07) is 9.54. The van der Waals surface area contributed by atoms with Crippen molar-refractivity contribution in [2.45, 2.75) is 26.4 Å². The number of hydrogen-bond acceptors (Lipinski definition) is 5. The molecule has 0 spiro atoms. The molecule has 1 heterocycles. The van der Waals surface area contributed by atoms with Crippen molar-refractivity contribution >= 4 is 5.95 Å². The van der Waals surface area contributed by atoms with Crippen LogP contribution < -0.4 is 10.5 Å².